The summed E-state index contributed by atoms with van der Waals surface area (Å²) in [4.78, 5) is 11.0. The van der Waals surface area contributed by atoms with E-state index in [1.807, 2.05) is 6.92 Å². The summed E-state index contributed by atoms with van der Waals surface area (Å²) in [5.74, 6) is -0.0309. The van der Waals surface area contributed by atoms with Crippen LogP contribution >= 0.6 is 0 Å². The van der Waals surface area contributed by atoms with E-state index < -0.39 is 0 Å². The van der Waals surface area contributed by atoms with Crippen molar-refractivity contribution in [3.05, 3.63) is 12.2 Å². The summed E-state index contributed by atoms with van der Waals surface area (Å²) in [5, 5.41) is 0. The van der Waals surface area contributed by atoms with Crippen LogP contribution < -0.4 is 0 Å². The van der Waals surface area contributed by atoms with Gasteiger partial charge in [0.15, 0.2) is 0 Å². The third kappa shape index (κ3) is 3.52. The maximum Gasteiger partial charge on any atom is 0.306 e. The fourth-order valence-electron chi connectivity index (χ4n) is 1.80. The highest BCUT2D eigenvalue weighted by molar-refractivity contribution is 5.72. The van der Waals surface area contributed by atoms with Gasteiger partial charge in [0.25, 0.3) is 0 Å². The number of carbonyl (C=O) groups excluding carboxylic acids is 1. The quantitative estimate of drug-likeness (QED) is 0.383. The number of rotatable bonds is 5. The van der Waals surface area contributed by atoms with Gasteiger partial charge in [0.05, 0.1) is 0 Å². The predicted molar refractivity (Wildman–Crippen MR) is 57.0 cm³/mol. The molecule has 2 heteroatoms. The maximum atomic E-state index is 11.0. The number of cyclic esters (lactones) is 1. The molecule has 14 heavy (non-hydrogen) atoms. The molecule has 0 spiro atoms. The van der Waals surface area contributed by atoms with Crippen molar-refractivity contribution >= 4 is 5.97 Å². The molecule has 0 aliphatic carbocycles. The average Bonchev–Trinajstić information content (AvgIpc) is 2.47. The molecule has 1 saturated heterocycles. The van der Waals surface area contributed by atoms with Crippen molar-refractivity contribution in [2.24, 2.45) is 0 Å². The fourth-order valence-corrected chi connectivity index (χ4v) is 1.80. The number of esters is 1. The van der Waals surface area contributed by atoms with Gasteiger partial charge in [-0.25, -0.2) is 0 Å². The summed E-state index contributed by atoms with van der Waals surface area (Å²) < 4.78 is 5.29. The molecule has 0 bridgehead atoms. The van der Waals surface area contributed by atoms with Crippen LogP contribution in [-0.2, 0) is 9.53 Å². The zero-order valence-corrected chi connectivity index (χ0v) is 9.21. The van der Waals surface area contributed by atoms with Crippen LogP contribution in [0.15, 0.2) is 12.2 Å². The van der Waals surface area contributed by atoms with Gasteiger partial charge in [0.1, 0.15) is 5.60 Å². The molecule has 1 rings (SSSR count). The van der Waals surface area contributed by atoms with Crippen molar-refractivity contribution < 1.29 is 9.53 Å². The summed E-state index contributed by atoms with van der Waals surface area (Å²) in [6.07, 6.45) is 10.2. The highest BCUT2D eigenvalue weighted by Crippen LogP contribution is 2.30. The Morgan fingerprint density at radius 2 is 2.29 bits per heavy atom. The predicted octanol–water partition coefficient (Wildman–Crippen LogP) is 3.22. The first-order valence-corrected chi connectivity index (χ1v) is 5.53. The van der Waals surface area contributed by atoms with Gasteiger partial charge in [-0.05, 0) is 39.0 Å². The molecule has 0 aromatic carbocycles. The molecule has 1 aliphatic heterocycles. The van der Waals surface area contributed by atoms with E-state index >= 15 is 0 Å². The highest BCUT2D eigenvalue weighted by Gasteiger charge is 2.34. The zero-order valence-electron chi connectivity index (χ0n) is 9.21. The molecule has 1 aliphatic rings. The lowest BCUT2D eigenvalue weighted by Crippen LogP contribution is -2.23. The molecule has 0 aromatic rings. The van der Waals surface area contributed by atoms with Gasteiger partial charge in [-0.2, -0.15) is 0 Å². The van der Waals surface area contributed by atoms with E-state index in [1.54, 1.807) is 0 Å². The second-order valence-electron chi connectivity index (χ2n) is 4.20. The average molecular weight is 196 g/mol. The SMILES string of the molecule is CCC=CCCCC1(C)CCC(=O)O1. The topological polar surface area (TPSA) is 26.3 Å². The fraction of sp³-hybridized carbons (Fsp3) is 0.750. The van der Waals surface area contributed by atoms with E-state index in [0.29, 0.717) is 6.42 Å². The minimum atomic E-state index is -0.170. The molecule has 1 unspecified atom stereocenters. The van der Waals surface area contributed by atoms with Crippen molar-refractivity contribution in [1.29, 1.82) is 0 Å². The summed E-state index contributed by atoms with van der Waals surface area (Å²) >= 11 is 0. The molecule has 2 nitrogen and oxygen atoms in total. The van der Waals surface area contributed by atoms with Crippen LogP contribution in [0, 0.1) is 0 Å². The van der Waals surface area contributed by atoms with Crippen LogP contribution in [-0.4, -0.2) is 11.6 Å². The molecular formula is C12H20O2. The molecule has 0 aromatic heterocycles. The van der Waals surface area contributed by atoms with Gasteiger partial charge in [0, 0.05) is 6.42 Å². The van der Waals surface area contributed by atoms with Crippen molar-refractivity contribution in [3.63, 3.8) is 0 Å². The Bertz CT molecular complexity index is 220. The normalized spacial score (nSPS) is 27.1. The number of unbranched alkanes of at least 4 members (excludes halogenated alkanes) is 1. The van der Waals surface area contributed by atoms with Crippen LogP contribution in [0.1, 0.15) is 52.4 Å². The van der Waals surface area contributed by atoms with Crippen LogP contribution in [0.3, 0.4) is 0 Å². The van der Waals surface area contributed by atoms with Crippen molar-refractivity contribution in [2.45, 2.75) is 58.0 Å². The molecule has 1 atom stereocenters. The van der Waals surface area contributed by atoms with Crippen molar-refractivity contribution in [2.75, 3.05) is 0 Å². The van der Waals surface area contributed by atoms with Crippen LogP contribution in [0.4, 0.5) is 0 Å². The summed E-state index contributed by atoms with van der Waals surface area (Å²) in [6.45, 7) is 4.18. The summed E-state index contributed by atoms with van der Waals surface area (Å²) in [5.41, 5.74) is -0.170. The number of hydrogen-bond donors (Lipinski definition) is 0. The van der Waals surface area contributed by atoms with Crippen LogP contribution in [0.5, 0.6) is 0 Å². The second-order valence-corrected chi connectivity index (χ2v) is 4.20. The molecular weight excluding hydrogens is 176 g/mol. The monoisotopic (exact) mass is 196 g/mol. The van der Waals surface area contributed by atoms with E-state index in [9.17, 15) is 4.79 Å². The second kappa shape index (κ2) is 5.18. The maximum absolute atomic E-state index is 11.0. The molecule has 0 N–H and O–H groups in total. The Morgan fingerprint density at radius 3 is 2.86 bits per heavy atom. The smallest absolute Gasteiger partial charge is 0.306 e. The van der Waals surface area contributed by atoms with Gasteiger partial charge < -0.3 is 4.74 Å². The first-order chi connectivity index (χ1) is 6.66. The van der Waals surface area contributed by atoms with Crippen LogP contribution in [0.25, 0.3) is 0 Å². The minimum Gasteiger partial charge on any atom is -0.459 e. The van der Waals surface area contributed by atoms with Crippen molar-refractivity contribution in [3.8, 4) is 0 Å². The Kier molecular flexibility index (Phi) is 4.18. The number of hydrogen-bond acceptors (Lipinski definition) is 2. The zero-order chi connectivity index (χ0) is 10.4. The minimum absolute atomic E-state index is 0.0309. The van der Waals surface area contributed by atoms with E-state index in [0.717, 1.165) is 32.1 Å². The van der Waals surface area contributed by atoms with E-state index in [4.69, 9.17) is 4.74 Å². The molecule has 0 amide bonds. The van der Waals surface area contributed by atoms with E-state index in [2.05, 4.69) is 19.1 Å². The molecule has 80 valence electrons. The third-order valence-corrected chi connectivity index (χ3v) is 2.70. The Balaban J connectivity index is 2.17. The summed E-state index contributed by atoms with van der Waals surface area (Å²) in [6, 6.07) is 0. The van der Waals surface area contributed by atoms with E-state index in [1.165, 1.54) is 0 Å². The first-order valence-electron chi connectivity index (χ1n) is 5.53. The Hall–Kier alpha value is -0.790. The standard InChI is InChI=1S/C12H20O2/c1-3-4-5-6-7-9-12(2)10-8-11(13)14-12/h4-5H,3,6-10H2,1-2H3. The highest BCUT2D eigenvalue weighted by atomic mass is 16.6. The lowest BCUT2D eigenvalue weighted by atomic mass is 9.96. The molecule has 0 radical (unpaired) electrons. The molecule has 1 heterocycles. The number of allylic oxidation sites excluding steroid dienone is 2. The summed E-state index contributed by atoms with van der Waals surface area (Å²) in [7, 11) is 0. The lowest BCUT2D eigenvalue weighted by molar-refractivity contribution is -0.147. The van der Waals surface area contributed by atoms with Crippen molar-refractivity contribution in [1.82, 2.24) is 0 Å². The van der Waals surface area contributed by atoms with Crippen LogP contribution in [0.2, 0.25) is 0 Å². The Morgan fingerprint density at radius 1 is 1.50 bits per heavy atom. The third-order valence-electron chi connectivity index (χ3n) is 2.70. The van der Waals surface area contributed by atoms with Gasteiger partial charge in [-0.3, -0.25) is 4.79 Å². The van der Waals surface area contributed by atoms with Gasteiger partial charge in [-0.1, -0.05) is 19.1 Å². The Labute approximate surface area is 86.3 Å². The van der Waals surface area contributed by atoms with Gasteiger partial charge >= 0.3 is 5.97 Å². The first kappa shape index (κ1) is 11.3. The van der Waals surface area contributed by atoms with Gasteiger partial charge in [-0.15, -0.1) is 0 Å². The number of carbonyl (C=O) groups is 1. The largest absolute Gasteiger partial charge is 0.459 e. The molecule has 1 fully saturated rings. The van der Waals surface area contributed by atoms with Gasteiger partial charge in [0.2, 0.25) is 0 Å². The number of ether oxygens (including phenoxy) is 1. The molecule has 0 saturated carbocycles. The van der Waals surface area contributed by atoms with E-state index in [-0.39, 0.29) is 11.6 Å². The lowest BCUT2D eigenvalue weighted by Gasteiger charge is -2.21.